The molecule has 0 aliphatic carbocycles. The van der Waals surface area contributed by atoms with Gasteiger partial charge in [-0.05, 0) is 53.8 Å². The number of benzene rings is 3. The van der Waals surface area contributed by atoms with Gasteiger partial charge in [-0.2, -0.15) is 0 Å². The first-order chi connectivity index (χ1) is 19.3. The number of nitrogens with zero attached hydrogens (tertiary/aromatic N) is 2. The first-order valence-electron chi connectivity index (χ1n) is 13.0. The Kier molecular flexibility index (Phi) is 11.5. The van der Waals surface area contributed by atoms with Gasteiger partial charge in [-0.3, -0.25) is 13.9 Å². The van der Waals surface area contributed by atoms with Crippen molar-refractivity contribution in [2.24, 2.45) is 5.92 Å². The number of aryl methyl sites for hydroxylation is 1. The number of halogens is 3. The Morgan fingerprint density at radius 2 is 1.59 bits per heavy atom. The molecule has 3 aromatic carbocycles. The highest BCUT2D eigenvalue weighted by molar-refractivity contribution is 7.92. The number of carbonyl (C=O) groups excluding carboxylic acids is 2. The van der Waals surface area contributed by atoms with Gasteiger partial charge in [0.15, 0.2) is 0 Å². The minimum atomic E-state index is -3.91. The number of nitrogens with one attached hydrogen (secondary N) is 1. The van der Waals surface area contributed by atoms with Crippen LogP contribution in [0.1, 0.15) is 30.5 Å². The lowest BCUT2D eigenvalue weighted by atomic mass is 10.0. The van der Waals surface area contributed by atoms with E-state index in [1.54, 1.807) is 37.3 Å². The number of amides is 2. The molecular weight excluding hydrogens is 605 g/mol. The lowest BCUT2D eigenvalue weighted by Gasteiger charge is -2.34. The Morgan fingerprint density at radius 3 is 2.20 bits per heavy atom. The number of sulfonamides is 1. The monoisotopic (exact) mass is 637 g/mol. The van der Waals surface area contributed by atoms with Crippen LogP contribution in [-0.2, 0) is 32.6 Å². The first kappa shape index (κ1) is 32.7. The topological polar surface area (TPSA) is 86.8 Å². The maximum absolute atomic E-state index is 14.1. The third-order valence-corrected chi connectivity index (χ3v) is 8.51. The van der Waals surface area contributed by atoms with Crippen LogP contribution in [0.5, 0.6) is 0 Å². The van der Waals surface area contributed by atoms with Gasteiger partial charge in [0.05, 0.1) is 22.0 Å². The van der Waals surface area contributed by atoms with E-state index in [-0.39, 0.29) is 30.5 Å². The summed E-state index contributed by atoms with van der Waals surface area (Å²) in [6.45, 7) is 5.55. The highest BCUT2D eigenvalue weighted by Gasteiger charge is 2.33. The molecule has 7 nitrogen and oxygen atoms in total. The lowest BCUT2D eigenvalue weighted by molar-refractivity contribution is -0.140. The van der Waals surface area contributed by atoms with E-state index in [0.29, 0.717) is 32.7 Å². The summed E-state index contributed by atoms with van der Waals surface area (Å²) in [5.74, 6) is -0.732. The van der Waals surface area contributed by atoms with Crippen molar-refractivity contribution in [3.05, 3.63) is 98.5 Å². The van der Waals surface area contributed by atoms with Gasteiger partial charge in [0, 0.05) is 24.5 Å². The molecule has 0 saturated heterocycles. The van der Waals surface area contributed by atoms with Crippen molar-refractivity contribution in [3.8, 4) is 0 Å². The SMILES string of the molecule is Cc1ccc(Cl)cc1N(CC(=O)N(Cc1ccc(Cl)c(Cl)c1)[C@@H](Cc1ccccc1)C(=O)NCC(C)C)S(C)(=O)=O. The van der Waals surface area contributed by atoms with E-state index in [2.05, 4.69) is 5.32 Å². The summed E-state index contributed by atoms with van der Waals surface area (Å²) in [7, 11) is -3.91. The number of rotatable bonds is 12. The van der Waals surface area contributed by atoms with Crippen LogP contribution in [0.4, 0.5) is 5.69 Å². The van der Waals surface area contributed by atoms with Crippen LogP contribution >= 0.6 is 34.8 Å². The van der Waals surface area contributed by atoms with Crippen molar-refractivity contribution in [2.45, 2.75) is 39.8 Å². The van der Waals surface area contributed by atoms with Crippen molar-refractivity contribution in [1.82, 2.24) is 10.2 Å². The third kappa shape index (κ3) is 9.36. The fourth-order valence-electron chi connectivity index (χ4n) is 4.26. The van der Waals surface area contributed by atoms with Crippen LogP contribution in [0, 0.1) is 12.8 Å². The summed E-state index contributed by atoms with van der Waals surface area (Å²) >= 11 is 18.6. The van der Waals surface area contributed by atoms with Gasteiger partial charge in [-0.15, -0.1) is 0 Å². The van der Waals surface area contributed by atoms with Gasteiger partial charge >= 0.3 is 0 Å². The predicted octanol–water partition coefficient (Wildman–Crippen LogP) is 6.13. The van der Waals surface area contributed by atoms with Crippen LogP contribution in [0.3, 0.4) is 0 Å². The molecule has 0 bridgehead atoms. The van der Waals surface area contributed by atoms with Crippen molar-refractivity contribution >= 4 is 62.3 Å². The smallest absolute Gasteiger partial charge is 0.244 e. The summed E-state index contributed by atoms with van der Waals surface area (Å²) < 4.78 is 27.0. The molecule has 1 N–H and O–H groups in total. The van der Waals surface area contributed by atoms with Crippen molar-refractivity contribution in [1.29, 1.82) is 0 Å². The summed E-state index contributed by atoms with van der Waals surface area (Å²) in [5, 5.41) is 3.92. The molecule has 2 amide bonds. The van der Waals surface area contributed by atoms with E-state index in [9.17, 15) is 18.0 Å². The van der Waals surface area contributed by atoms with Crippen molar-refractivity contribution in [3.63, 3.8) is 0 Å². The zero-order chi connectivity index (χ0) is 30.3. The van der Waals surface area contributed by atoms with Crippen LogP contribution in [0.2, 0.25) is 15.1 Å². The van der Waals surface area contributed by atoms with Crippen molar-refractivity contribution < 1.29 is 18.0 Å². The Hall–Kier alpha value is -2.78. The van der Waals surface area contributed by atoms with Crippen LogP contribution in [0.25, 0.3) is 0 Å². The van der Waals surface area contributed by atoms with E-state index in [1.165, 1.54) is 11.0 Å². The van der Waals surface area contributed by atoms with Gasteiger partial charge < -0.3 is 10.2 Å². The van der Waals surface area contributed by atoms with Crippen LogP contribution in [0.15, 0.2) is 66.7 Å². The summed E-state index contributed by atoms with van der Waals surface area (Å²) in [6, 6.07) is 18.2. The standard InChI is InChI=1S/C30H34Cl3N3O4S/c1-20(2)17-34-30(38)28(15-22-8-6-5-7-9-22)35(18-23-11-13-25(32)26(33)14-23)29(37)19-36(41(4,39)40)27-16-24(31)12-10-21(27)3/h5-14,16,20,28H,15,17-19H2,1-4H3,(H,34,38)/t28-/m0/s1. The van der Waals surface area contributed by atoms with E-state index >= 15 is 0 Å². The molecule has 0 spiro atoms. The number of hydrogen-bond donors (Lipinski definition) is 1. The van der Waals surface area contributed by atoms with Crippen LogP contribution < -0.4 is 9.62 Å². The molecular formula is C30H34Cl3N3O4S. The van der Waals surface area contributed by atoms with Gasteiger partial charge in [0.25, 0.3) is 0 Å². The van der Waals surface area contributed by atoms with Gasteiger partial charge in [-0.25, -0.2) is 8.42 Å². The molecule has 220 valence electrons. The second-order valence-corrected chi connectivity index (χ2v) is 13.5. The predicted molar refractivity (Wildman–Crippen MR) is 167 cm³/mol. The summed E-state index contributed by atoms with van der Waals surface area (Å²) in [4.78, 5) is 29.2. The van der Waals surface area contributed by atoms with E-state index in [4.69, 9.17) is 34.8 Å². The number of anilines is 1. The van der Waals surface area contributed by atoms with Crippen molar-refractivity contribution in [2.75, 3.05) is 23.7 Å². The molecule has 1 atom stereocenters. The largest absolute Gasteiger partial charge is 0.354 e. The van der Waals surface area contributed by atoms with Gasteiger partial charge in [0.1, 0.15) is 12.6 Å². The molecule has 0 aliphatic rings. The molecule has 0 radical (unpaired) electrons. The average molecular weight is 639 g/mol. The minimum Gasteiger partial charge on any atom is -0.354 e. The first-order valence-corrected chi connectivity index (χ1v) is 16.0. The minimum absolute atomic E-state index is 0.00551. The van der Waals surface area contributed by atoms with E-state index < -0.39 is 28.5 Å². The molecule has 41 heavy (non-hydrogen) atoms. The molecule has 0 heterocycles. The Balaban J connectivity index is 2.09. The highest BCUT2D eigenvalue weighted by Crippen LogP contribution is 2.28. The van der Waals surface area contributed by atoms with Gasteiger partial charge in [-0.1, -0.05) is 91.1 Å². The molecule has 3 rings (SSSR count). The van der Waals surface area contributed by atoms with Crippen LogP contribution in [-0.4, -0.2) is 50.5 Å². The molecule has 0 saturated carbocycles. The summed E-state index contributed by atoms with van der Waals surface area (Å²) in [6.07, 6.45) is 1.24. The number of carbonyl (C=O) groups is 2. The maximum Gasteiger partial charge on any atom is 0.244 e. The normalized spacial score (nSPS) is 12.2. The molecule has 0 fully saturated rings. The lowest BCUT2D eigenvalue weighted by Crippen LogP contribution is -2.53. The second-order valence-electron chi connectivity index (χ2n) is 10.3. The quantitative estimate of drug-likeness (QED) is 0.259. The second kappa shape index (κ2) is 14.4. The Labute approximate surface area is 257 Å². The zero-order valence-electron chi connectivity index (χ0n) is 23.4. The zero-order valence-corrected chi connectivity index (χ0v) is 26.5. The Morgan fingerprint density at radius 1 is 0.902 bits per heavy atom. The fraction of sp³-hybridized carbons (Fsp3) is 0.333. The average Bonchev–Trinajstić information content (AvgIpc) is 2.91. The van der Waals surface area contributed by atoms with Gasteiger partial charge in [0.2, 0.25) is 21.8 Å². The maximum atomic E-state index is 14.1. The third-order valence-electron chi connectivity index (χ3n) is 6.41. The summed E-state index contributed by atoms with van der Waals surface area (Å²) in [5.41, 5.74) is 2.38. The molecule has 0 unspecified atom stereocenters. The molecule has 0 aliphatic heterocycles. The van der Waals surface area contributed by atoms with E-state index in [0.717, 1.165) is 16.1 Å². The highest BCUT2D eigenvalue weighted by atomic mass is 35.5. The molecule has 11 heteroatoms. The fourth-order valence-corrected chi connectivity index (χ4v) is 5.64. The Bertz CT molecular complexity index is 1480. The molecule has 0 aromatic heterocycles. The number of hydrogen-bond acceptors (Lipinski definition) is 4. The van der Waals surface area contributed by atoms with E-state index in [1.807, 2.05) is 44.2 Å². The molecule has 3 aromatic rings.